The highest BCUT2D eigenvalue weighted by atomic mass is 32.2. The zero-order valence-electron chi connectivity index (χ0n) is 25.4. The van der Waals surface area contributed by atoms with Crippen LogP contribution in [0.25, 0.3) is 11.0 Å². The van der Waals surface area contributed by atoms with E-state index in [0.29, 0.717) is 18.1 Å². The molecule has 3 atom stereocenters. The Morgan fingerprint density at radius 3 is 2.29 bits per heavy atom. The smallest absolute Gasteiger partial charge is 0.410 e. The van der Waals surface area contributed by atoms with Crippen molar-refractivity contribution in [3.05, 3.63) is 59.9 Å². The van der Waals surface area contributed by atoms with Gasteiger partial charge in [0.1, 0.15) is 11.4 Å². The summed E-state index contributed by atoms with van der Waals surface area (Å²) in [5.74, 6) is 1.15. The summed E-state index contributed by atoms with van der Waals surface area (Å²) >= 11 is 1.79. The van der Waals surface area contributed by atoms with Crippen LogP contribution in [-0.4, -0.2) is 69.0 Å². The standard InChI is InChI=1S/C34H46N4O2S/c1-24-35-30-8-6-7-9-31(30)38(24)28-22-26-12-13-27(23-28)37(26)21-18-34(25-10-14-29(41-5)15-11-25)16-19-36(20-17-34)32(39)40-33(2,3)4/h6-11,14-15,26-28H,12-13,16-23H2,1-5H3/t26-,27+,28?. The Balaban J connectivity index is 1.17. The topological polar surface area (TPSA) is 50.6 Å². The molecule has 1 amide bonds. The van der Waals surface area contributed by atoms with Gasteiger partial charge in [0.2, 0.25) is 0 Å². The number of imidazole rings is 1. The molecule has 1 unspecified atom stereocenters. The summed E-state index contributed by atoms with van der Waals surface area (Å²) in [4.78, 5) is 23.8. The summed E-state index contributed by atoms with van der Waals surface area (Å²) in [6.07, 6.45) is 10.1. The number of benzene rings is 2. The Morgan fingerprint density at radius 2 is 1.66 bits per heavy atom. The quantitative estimate of drug-likeness (QED) is 0.284. The lowest BCUT2D eigenvalue weighted by molar-refractivity contribution is 0.0144. The number of amides is 1. The zero-order valence-corrected chi connectivity index (χ0v) is 26.3. The predicted molar refractivity (Wildman–Crippen MR) is 168 cm³/mol. The maximum atomic E-state index is 12.9. The molecule has 0 saturated carbocycles. The number of nitrogens with zero attached hydrogens (tertiary/aromatic N) is 4. The fourth-order valence-electron chi connectivity index (χ4n) is 7.86. The fourth-order valence-corrected chi connectivity index (χ4v) is 8.27. The monoisotopic (exact) mass is 574 g/mol. The highest BCUT2D eigenvalue weighted by molar-refractivity contribution is 7.98. The van der Waals surface area contributed by atoms with Gasteiger partial charge in [-0.05, 0) is 121 Å². The molecule has 41 heavy (non-hydrogen) atoms. The number of ether oxygens (including phenoxy) is 1. The number of aromatic nitrogens is 2. The Hall–Kier alpha value is -2.51. The maximum Gasteiger partial charge on any atom is 0.410 e. The van der Waals surface area contributed by atoms with Crippen LogP contribution >= 0.6 is 11.8 Å². The molecule has 4 heterocycles. The molecule has 0 spiro atoms. The van der Waals surface area contributed by atoms with Crippen molar-refractivity contribution in [1.82, 2.24) is 19.4 Å². The minimum Gasteiger partial charge on any atom is -0.444 e. The minimum atomic E-state index is -0.466. The zero-order chi connectivity index (χ0) is 28.8. The predicted octanol–water partition coefficient (Wildman–Crippen LogP) is 7.59. The van der Waals surface area contributed by atoms with Crippen LogP contribution in [-0.2, 0) is 10.2 Å². The molecule has 0 N–H and O–H groups in total. The van der Waals surface area contributed by atoms with Crippen molar-refractivity contribution in [2.45, 2.75) is 107 Å². The Labute approximate surface area is 249 Å². The van der Waals surface area contributed by atoms with Crippen molar-refractivity contribution >= 4 is 28.9 Å². The molecule has 3 fully saturated rings. The molecule has 3 aliphatic heterocycles. The third kappa shape index (κ3) is 5.77. The van der Waals surface area contributed by atoms with Crippen molar-refractivity contribution in [1.29, 1.82) is 0 Å². The SMILES string of the molecule is CSc1ccc(C2(CCN3[C@@H]4CC[C@H]3CC(n3c(C)nc5ccccc53)C4)CCN(C(=O)OC(C)(C)C)CC2)cc1. The summed E-state index contributed by atoms with van der Waals surface area (Å²) < 4.78 is 8.25. The second-order valence-electron chi connectivity index (χ2n) is 13.5. The first-order chi connectivity index (χ1) is 19.7. The molecule has 7 heteroatoms. The van der Waals surface area contributed by atoms with E-state index in [0.717, 1.165) is 50.2 Å². The summed E-state index contributed by atoms with van der Waals surface area (Å²) in [5, 5.41) is 0. The summed E-state index contributed by atoms with van der Waals surface area (Å²) in [6.45, 7) is 10.6. The van der Waals surface area contributed by atoms with E-state index in [1.54, 1.807) is 11.8 Å². The molecule has 1 aromatic heterocycles. The van der Waals surface area contributed by atoms with Crippen molar-refractivity contribution in [2.24, 2.45) is 0 Å². The number of fused-ring (bicyclic) bond motifs is 3. The van der Waals surface area contributed by atoms with Gasteiger partial charge in [0.05, 0.1) is 11.0 Å². The molecule has 2 bridgehead atoms. The highest BCUT2D eigenvalue weighted by Crippen LogP contribution is 2.45. The molecule has 6 rings (SSSR count). The lowest BCUT2D eigenvalue weighted by Crippen LogP contribution is -2.49. The largest absolute Gasteiger partial charge is 0.444 e. The molecular weight excluding hydrogens is 528 g/mol. The Kier molecular flexibility index (Phi) is 7.88. The van der Waals surface area contributed by atoms with Gasteiger partial charge in [-0.15, -0.1) is 11.8 Å². The van der Waals surface area contributed by atoms with Crippen molar-refractivity contribution in [2.75, 3.05) is 25.9 Å². The van der Waals surface area contributed by atoms with Gasteiger partial charge in [-0.1, -0.05) is 24.3 Å². The van der Waals surface area contributed by atoms with Crippen molar-refractivity contribution in [3.63, 3.8) is 0 Å². The van der Waals surface area contributed by atoms with Crippen LogP contribution in [0.5, 0.6) is 0 Å². The van der Waals surface area contributed by atoms with Crippen LogP contribution in [0.2, 0.25) is 0 Å². The van der Waals surface area contributed by atoms with E-state index in [1.165, 1.54) is 41.7 Å². The van der Waals surface area contributed by atoms with E-state index >= 15 is 0 Å². The van der Waals surface area contributed by atoms with E-state index < -0.39 is 5.60 Å². The number of carbonyl (C=O) groups is 1. The molecule has 0 radical (unpaired) electrons. The van der Waals surface area contributed by atoms with E-state index in [1.807, 2.05) is 25.7 Å². The van der Waals surface area contributed by atoms with E-state index in [2.05, 4.69) is 71.2 Å². The summed E-state index contributed by atoms with van der Waals surface area (Å²) in [6, 6.07) is 19.7. The normalized spacial score (nSPS) is 24.6. The molecule has 220 valence electrons. The molecule has 6 nitrogen and oxygen atoms in total. The first-order valence-corrected chi connectivity index (χ1v) is 16.7. The van der Waals surface area contributed by atoms with Gasteiger partial charge in [0.25, 0.3) is 0 Å². The maximum absolute atomic E-state index is 12.9. The minimum absolute atomic E-state index is 0.0862. The second kappa shape index (κ2) is 11.3. The van der Waals surface area contributed by atoms with E-state index in [4.69, 9.17) is 9.72 Å². The average Bonchev–Trinajstić information content (AvgIpc) is 3.41. The molecule has 3 aliphatic rings. The number of hydrogen-bond acceptors (Lipinski definition) is 5. The molecule has 3 saturated heterocycles. The average molecular weight is 575 g/mol. The number of piperidine rings is 2. The van der Waals surface area contributed by atoms with Crippen molar-refractivity contribution in [3.8, 4) is 0 Å². The third-order valence-corrected chi connectivity index (χ3v) is 10.7. The van der Waals surface area contributed by atoms with Gasteiger partial charge in [0, 0.05) is 36.1 Å². The molecule has 3 aromatic rings. The number of para-hydroxylation sites is 2. The Morgan fingerprint density at radius 1 is 1.00 bits per heavy atom. The van der Waals surface area contributed by atoms with E-state index in [-0.39, 0.29) is 11.5 Å². The van der Waals surface area contributed by atoms with Crippen LogP contribution in [0.4, 0.5) is 4.79 Å². The number of carbonyl (C=O) groups excluding carboxylic acids is 1. The van der Waals surface area contributed by atoms with Gasteiger partial charge in [0.15, 0.2) is 0 Å². The number of aryl methyl sites for hydroxylation is 1. The van der Waals surface area contributed by atoms with Crippen molar-refractivity contribution < 1.29 is 9.53 Å². The molecule has 2 aromatic carbocycles. The molecular formula is C34H46N4O2S. The second-order valence-corrected chi connectivity index (χ2v) is 14.4. The first kappa shape index (κ1) is 28.6. The van der Waals surface area contributed by atoms with Crippen LogP contribution in [0.15, 0.2) is 53.4 Å². The van der Waals surface area contributed by atoms with Crippen LogP contribution in [0.3, 0.4) is 0 Å². The third-order valence-electron chi connectivity index (χ3n) is 9.92. The van der Waals surface area contributed by atoms with Gasteiger partial charge in [-0.25, -0.2) is 9.78 Å². The summed E-state index contributed by atoms with van der Waals surface area (Å²) in [5.41, 5.74) is 3.45. The summed E-state index contributed by atoms with van der Waals surface area (Å²) in [7, 11) is 0. The van der Waals surface area contributed by atoms with Gasteiger partial charge in [-0.3, -0.25) is 4.90 Å². The molecule has 0 aliphatic carbocycles. The van der Waals surface area contributed by atoms with E-state index in [9.17, 15) is 4.79 Å². The van der Waals surface area contributed by atoms with Gasteiger partial charge in [-0.2, -0.15) is 0 Å². The first-order valence-electron chi connectivity index (χ1n) is 15.5. The van der Waals surface area contributed by atoms with Gasteiger partial charge < -0.3 is 14.2 Å². The number of thioether (sulfide) groups is 1. The lowest BCUT2D eigenvalue weighted by Gasteiger charge is -2.45. The van der Waals surface area contributed by atoms with Crippen LogP contribution in [0, 0.1) is 6.92 Å². The number of rotatable bonds is 6. The van der Waals surface area contributed by atoms with Gasteiger partial charge >= 0.3 is 6.09 Å². The lowest BCUT2D eigenvalue weighted by atomic mass is 9.70. The van der Waals surface area contributed by atoms with Crippen LogP contribution < -0.4 is 0 Å². The fraction of sp³-hybridized carbons (Fsp3) is 0.588. The highest BCUT2D eigenvalue weighted by Gasteiger charge is 2.44. The Bertz CT molecular complexity index is 1360. The number of hydrogen-bond donors (Lipinski definition) is 0. The number of likely N-dealkylation sites (tertiary alicyclic amines) is 1. The van der Waals surface area contributed by atoms with Crippen LogP contribution in [0.1, 0.15) is 83.1 Å².